The molecule has 0 radical (unpaired) electrons. The van der Waals surface area contributed by atoms with Gasteiger partial charge in [0.05, 0.1) is 41.3 Å². The van der Waals surface area contributed by atoms with Gasteiger partial charge in [0.25, 0.3) is 16.3 Å². The number of carbonyl (C=O) groups excluding carboxylic acids is 3. The van der Waals surface area contributed by atoms with Crippen LogP contribution < -0.4 is 4.72 Å². The number of hydrazine groups is 1. The van der Waals surface area contributed by atoms with Crippen molar-refractivity contribution in [1.82, 2.24) is 19.5 Å². The summed E-state index contributed by atoms with van der Waals surface area (Å²) in [6, 6.07) is 12.3. The van der Waals surface area contributed by atoms with Gasteiger partial charge in [0.1, 0.15) is 13.2 Å². The normalized spacial score (nSPS) is 12.5. The average molecular weight is 715 g/mol. The van der Waals surface area contributed by atoms with Crippen LogP contribution in [0.4, 0.5) is 18.0 Å². The smallest absolute Gasteiger partial charge is 0.511 e. The molecule has 16 nitrogen and oxygen atoms in total. The average Bonchev–Trinajstić information content (AvgIpc) is 3.49. The van der Waals surface area contributed by atoms with Gasteiger partial charge in [-0.3, -0.25) is 14.4 Å². The fraction of sp³-hybridized carbons (Fsp3) is 0.379. The van der Waals surface area contributed by atoms with E-state index in [0.717, 1.165) is 33.5 Å². The van der Waals surface area contributed by atoms with Gasteiger partial charge < -0.3 is 19.4 Å². The summed E-state index contributed by atoms with van der Waals surface area (Å²) in [5.41, 5.74) is 0.455. The molecule has 0 aliphatic heterocycles. The lowest BCUT2D eigenvalue weighted by Crippen LogP contribution is -2.32. The first-order valence-electron chi connectivity index (χ1n) is 14.4. The number of alkyl halides is 3. The molecule has 0 spiro atoms. The summed E-state index contributed by atoms with van der Waals surface area (Å²) in [6.45, 7) is 4.28. The highest BCUT2D eigenvalue weighted by Gasteiger charge is 2.35. The number of sulfonamides is 1. The molecule has 49 heavy (non-hydrogen) atoms. The second-order valence-electron chi connectivity index (χ2n) is 10.1. The first kappa shape index (κ1) is 38.1. The maximum Gasteiger partial charge on any atom is 0.511 e. The number of aromatic nitrogens is 2. The maximum atomic E-state index is 13.5. The number of nitrogens with zero attached hydrogens (tertiary/aromatic N) is 5. The van der Waals surface area contributed by atoms with E-state index in [1.807, 2.05) is 11.6 Å². The van der Waals surface area contributed by atoms with Crippen molar-refractivity contribution in [3.8, 4) is 16.9 Å². The van der Waals surface area contributed by atoms with Crippen molar-refractivity contribution in [2.45, 2.75) is 51.0 Å². The van der Waals surface area contributed by atoms with Gasteiger partial charge in [0.2, 0.25) is 11.2 Å². The van der Waals surface area contributed by atoms with Crippen LogP contribution in [0, 0.1) is 12.1 Å². The first-order valence-corrected chi connectivity index (χ1v) is 15.9. The van der Waals surface area contributed by atoms with Crippen LogP contribution in [0.1, 0.15) is 37.9 Å². The summed E-state index contributed by atoms with van der Waals surface area (Å²) in [5, 5.41) is 19.7. The Balaban J connectivity index is 1.52. The molecule has 266 valence electrons. The van der Waals surface area contributed by atoms with Crippen LogP contribution in [-0.2, 0) is 44.8 Å². The molecule has 0 saturated carbocycles. The Hall–Kier alpha value is -5.40. The minimum atomic E-state index is -4.73. The number of benzene rings is 2. The molecule has 1 heterocycles. The molecule has 1 unspecified atom stereocenters. The molecule has 3 rings (SSSR count). The highest BCUT2D eigenvalue weighted by atomic mass is 32.2. The van der Waals surface area contributed by atoms with Crippen molar-refractivity contribution in [2.24, 2.45) is 5.28 Å². The van der Waals surface area contributed by atoms with E-state index in [0.29, 0.717) is 5.56 Å². The van der Waals surface area contributed by atoms with Crippen molar-refractivity contribution >= 4 is 28.1 Å². The molecular formula is C29H33F3N6O10S. The zero-order chi connectivity index (χ0) is 36.4. The van der Waals surface area contributed by atoms with Crippen LogP contribution in [0.2, 0.25) is 0 Å². The Morgan fingerprint density at radius 3 is 2.35 bits per heavy atom. The van der Waals surface area contributed by atoms with Crippen LogP contribution in [0.25, 0.3) is 16.9 Å². The van der Waals surface area contributed by atoms with Crippen LogP contribution in [-0.4, -0.2) is 79.3 Å². The Morgan fingerprint density at radius 2 is 1.73 bits per heavy atom. The number of likely N-dealkylation sites (N-methyl/N-ethyl adjacent to an activating group) is 1. The van der Waals surface area contributed by atoms with Gasteiger partial charge in [-0.25, -0.2) is 22.6 Å². The predicted molar refractivity (Wildman–Crippen MR) is 162 cm³/mol. The van der Waals surface area contributed by atoms with E-state index in [1.54, 1.807) is 31.2 Å². The van der Waals surface area contributed by atoms with Gasteiger partial charge in [-0.15, -0.1) is 5.01 Å². The summed E-state index contributed by atoms with van der Waals surface area (Å²) >= 11 is 0. The van der Waals surface area contributed by atoms with E-state index in [4.69, 9.17) is 9.57 Å². The van der Waals surface area contributed by atoms with Crippen molar-refractivity contribution in [1.29, 1.82) is 0 Å². The SMILES string of the molecule is CCOC(=O)OC(C)O/N=[N+](\[O-])N(C)CCOC(=O)CCC(=O)NS(=O)(=O)c1ccc(-n2nc(C(F)(F)F)cc2-c2ccc(C)cc2)cc1. The van der Waals surface area contributed by atoms with Crippen LogP contribution in [0.3, 0.4) is 0 Å². The number of carbonyl (C=O) groups is 3. The Kier molecular flexibility index (Phi) is 12.9. The molecule has 1 N–H and O–H groups in total. The van der Waals surface area contributed by atoms with Crippen molar-refractivity contribution in [3.63, 3.8) is 0 Å². The molecule has 0 fully saturated rings. The molecule has 3 aromatic rings. The van der Waals surface area contributed by atoms with Crippen molar-refractivity contribution in [2.75, 3.05) is 26.8 Å². The standard InChI is InChI=1S/C29H33F3N6O10S/c1-5-45-28(41)47-20(3)48-35-38(42)36(4)16-17-46-27(40)15-14-26(39)34-49(43,44)23-12-10-22(11-13-23)37-24(18-25(33-37)29(30,31)32)21-8-6-19(2)7-9-21/h6-13,18,20H,5,14-17H2,1-4H3,(H,34,39)/b38-35-. The molecule has 1 amide bonds. The van der Waals surface area contributed by atoms with Gasteiger partial charge in [-0.2, -0.15) is 18.3 Å². The van der Waals surface area contributed by atoms with Crippen LogP contribution in [0.5, 0.6) is 0 Å². The second-order valence-corrected chi connectivity index (χ2v) is 11.8. The molecule has 1 atom stereocenters. The van der Waals surface area contributed by atoms with Gasteiger partial charge in [0.15, 0.2) is 5.69 Å². The minimum Gasteiger partial charge on any atom is -0.569 e. The molecule has 2 aromatic carbocycles. The third-order valence-corrected chi connectivity index (χ3v) is 7.69. The van der Waals surface area contributed by atoms with E-state index in [9.17, 15) is 41.2 Å². The highest BCUT2D eigenvalue weighted by molar-refractivity contribution is 7.90. The Bertz CT molecular complexity index is 1750. The minimum absolute atomic E-state index is 0.00146. The molecule has 1 aromatic heterocycles. The largest absolute Gasteiger partial charge is 0.569 e. The number of ether oxygens (including phenoxy) is 3. The number of nitrogens with one attached hydrogen (secondary N) is 1. The Morgan fingerprint density at radius 1 is 1.08 bits per heavy atom. The molecule has 0 bridgehead atoms. The molecule has 20 heteroatoms. The topological polar surface area (TPSA) is 194 Å². The van der Waals surface area contributed by atoms with E-state index >= 15 is 0 Å². The van der Waals surface area contributed by atoms with E-state index in [2.05, 4.69) is 19.8 Å². The third-order valence-electron chi connectivity index (χ3n) is 6.30. The fourth-order valence-corrected chi connectivity index (χ4v) is 4.83. The summed E-state index contributed by atoms with van der Waals surface area (Å²) in [5.74, 6) is -1.89. The summed E-state index contributed by atoms with van der Waals surface area (Å²) in [4.78, 5) is 39.9. The van der Waals surface area contributed by atoms with E-state index in [-0.39, 0.29) is 41.0 Å². The number of hydrogen-bond acceptors (Lipinski definition) is 12. The van der Waals surface area contributed by atoms with Gasteiger partial charge in [-0.05, 0) is 44.2 Å². The number of rotatable bonds is 15. The highest BCUT2D eigenvalue weighted by Crippen LogP contribution is 2.33. The van der Waals surface area contributed by atoms with Gasteiger partial charge in [-0.1, -0.05) is 29.8 Å². The number of halogens is 3. The van der Waals surface area contributed by atoms with Crippen LogP contribution >= 0.6 is 0 Å². The lowest BCUT2D eigenvalue weighted by Gasteiger charge is -2.14. The van der Waals surface area contributed by atoms with Crippen molar-refractivity contribution in [3.05, 3.63) is 71.1 Å². The quantitative estimate of drug-likeness (QED) is 0.0774. The summed E-state index contributed by atoms with van der Waals surface area (Å²) in [7, 11) is -3.13. The predicted octanol–water partition coefficient (Wildman–Crippen LogP) is 4.25. The fourth-order valence-electron chi connectivity index (χ4n) is 3.82. The van der Waals surface area contributed by atoms with Crippen molar-refractivity contribution < 1.29 is 60.0 Å². The van der Waals surface area contributed by atoms with Gasteiger partial charge >= 0.3 is 18.3 Å². The lowest BCUT2D eigenvalue weighted by atomic mass is 10.1. The lowest BCUT2D eigenvalue weighted by molar-refractivity contribution is -0.707. The van der Waals surface area contributed by atoms with E-state index < -0.39 is 59.1 Å². The first-order chi connectivity index (χ1) is 23.0. The molecule has 0 saturated heterocycles. The summed E-state index contributed by atoms with van der Waals surface area (Å²) < 4.78 is 83.0. The Labute approximate surface area is 278 Å². The molecular weight excluding hydrogens is 681 g/mol. The summed E-state index contributed by atoms with van der Waals surface area (Å²) in [6.07, 6.45) is -8.03. The zero-order valence-corrected chi connectivity index (χ0v) is 27.5. The van der Waals surface area contributed by atoms with Gasteiger partial charge in [0, 0.05) is 18.9 Å². The number of hydrogen-bond donors (Lipinski definition) is 1. The number of aryl methyl sites for hydroxylation is 1. The monoisotopic (exact) mass is 714 g/mol. The maximum absolute atomic E-state index is 13.5. The number of amides is 1. The second kappa shape index (κ2) is 16.6. The molecule has 0 aliphatic carbocycles. The van der Waals surface area contributed by atoms with E-state index in [1.165, 1.54) is 26.1 Å². The number of esters is 1. The zero-order valence-electron chi connectivity index (χ0n) is 26.7. The van der Waals surface area contributed by atoms with Crippen LogP contribution in [0.15, 0.2) is 64.8 Å². The molecule has 0 aliphatic rings. The third kappa shape index (κ3) is 11.4.